The molecular weight excluding hydrogens is 321 g/mol. The first kappa shape index (κ1) is 15.0. The van der Waals surface area contributed by atoms with E-state index < -0.39 is 5.97 Å². The van der Waals surface area contributed by atoms with Crippen LogP contribution in [0.15, 0.2) is 22.7 Å². The van der Waals surface area contributed by atoms with Gasteiger partial charge in [0, 0.05) is 22.3 Å². The lowest BCUT2D eigenvalue weighted by Crippen LogP contribution is -2.11. The Morgan fingerprint density at radius 3 is 2.61 bits per heavy atom. The number of hydrogen-bond acceptors (Lipinski definition) is 2. The number of carbonyl (C=O) groups excluding carboxylic acids is 1. The summed E-state index contributed by atoms with van der Waals surface area (Å²) in [5.74, 6) is -0.989. The van der Waals surface area contributed by atoms with Crippen LogP contribution in [0.25, 0.3) is 0 Å². The average Bonchev–Trinajstić information content (AvgIpc) is 2.29. The predicted octanol–water partition coefficient (Wildman–Crippen LogP) is 3.69. The number of anilines is 1. The average molecular weight is 335 g/mol. The van der Waals surface area contributed by atoms with Crippen molar-refractivity contribution in [1.82, 2.24) is 0 Å². The number of nitrogens with one attached hydrogen (secondary N) is 1. The van der Waals surface area contributed by atoms with E-state index in [1.165, 1.54) is 0 Å². The van der Waals surface area contributed by atoms with E-state index in [1.54, 1.807) is 18.2 Å². The molecule has 0 atom stereocenters. The third kappa shape index (κ3) is 5.51. The molecule has 1 rings (SSSR count). The van der Waals surface area contributed by atoms with Crippen molar-refractivity contribution in [3.63, 3.8) is 0 Å². The molecule has 0 fully saturated rings. The Morgan fingerprint density at radius 1 is 1.28 bits per heavy atom. The van der Waals surface area contributed by atoms with Gasteiger partial charge in [-0.25, -0.2) is 0 Å². The summed E-state index contributed by atoms with van der Waals surface area (Å²) in [4.78, 5) is 21.9. The Morgan fingerprint density at radius 2 is 1.94 bits per heavy atom. The summed E-state index contributed by atoms with van der Waals surface area (Å²) in [5, 5.41) is 11.7. The summed E-state index contributed by atoms with van der Waals surface area (Å²) >= 11 is 9.13. The van der Waals surface area contributed by atoms with E-state index in [4.69, 9.17) is 16.7 Å². The lowest BCUT2D eigenvalue weighted by Gasteiger charge is -2.07. The molecule has 1 aromatic carbocycles. The summed E-state index contributed by atoms with van der Waals surface area (Å²) in [5.41, 5.74) is 0.616. The topological polar surface area (TPSA) is 66.4 Å². The highest BCUT2D eigenvalue weighted by Crippen LogP contribution is 2.26. The fraction of sp³-hybridized carbons (Fsp3) is 0.333. The minimum absolute atomic E-state index is 0.0914. The summed E-state index contributed by atoms with van der Waals surface area (Å²) in [6, 6.07) is 5.12. The van der Waals surface area contributed by atoms with E-state index in [1.807, 2.05) is 0 Å². The van der Waals surface area contributed by atoms with Gasteiger partial charge in [0.25, 0.3) is 0 Å². The molecule has 0 radical (unpaired) electrons. The van der Waals surface area contributed by atoms with Gasteiger partial charge in [-0.15, -0.1) is 0 Å². The normalized spacial score (nSPS) is 10.1. The second-order valence-electron chi connectivity index (χ2n) is 3.77. The highest BCUT2D eigenvalue weighted by Gasteiger charge is 2.06. The second kappa shape index (κ2) is 7.38. The Bertz CT molecular complexity index is 451. The molecule has 4 nitrogen and oxygen atoms in total. The number of benzene rings is 1. The highest BCUT2D eigenvalue weighted by molar-refractivity contribution is 9.10. The van der Waals surface area contributed by atoms with Crippen LogP contribution in [0.2, 0.25) is 5.02 Å². The molecule has 0 aliphatic heterocycles. The van der Waals surface area contributed by atoms with Crippen molar-refractivity contribution in [3.05, 3.63) is 27.7 Å². The molecule has 0 aliphatic rings. The molecule has 2 N–H and O–H groups in total. The maximum atomic E-state index is 11.6. The van der Waals surface area contributed by atoms with E-state index in [-0.39, 0.29) is 12.3 Å². The number of amides is 1. The number of aliphatic carboxylic acids is 1. The van der Waals surface area contributed by atoms with Crippen molar-refractivity contribution in [3.8, 4) is 0 Å². The smallest absolute Gasteiger partial charge is 0.303 e. The molecule has 0 aromatic heterocycles. The molecule has 6 heteroatoms. The molecular formula is C12H13BrClNO3. The molecule has 18 heavy (non-hydrogen) atoms. The van der Waals surface area contributed by atoms with Crippen molar-refractivity contribution in [2.24, 2.45) is 0 Å². The van der Waals surface area contributed by atoms with Gasteiger partial charge in [0.15, 0.2) is 0 Å². The molecule has 0 saturated carbocycles. The third-order valence-electron chi connectivity index (χ3n) is 2.25. The van der Waals surface area contributed by atoms with Gasteiger partial charge in [-0.05, 0) is 47.0 Å². The van der Waals surface area contributed by atoms with Crippen LogP contribution in [0.5, 0.6) is 0 Å². The molecule has 0 aliphatic carbocycles. The van der Waals surface area contributed by atoms with Crippen LogP contribution in [-0.2, 0) is 9.59 Å². The van der Waals surface area contributed by atoms with Crippen LogP contribution < -0.4 is 5.32 Å². The maximum absolute atomic E-state index is 11.6. The van der Waals surface area contributed by atoms with Crippen LogP contribution in [0.1, 0.15) is 25.7 Å². The summed E-state index contributed by atoms with van der Waals surface area (Å²) in [6.07, 6.45) is 1.44. The fourth-order valence-corrected chi connectivity index (χ4v) is 1.89. The van der Waals surface area contributed by atoms with E-state index >= 15 is 0 Å². The number of rotatable bonds is 6. The van der Waals surface area contributed by atoms with Gasteiger partial charge in [-0.2, -0.15) is 0 Å². The van der Waals surface area contributed by atoms with Crippen LogP contribution in [0.3, 0.4) is 0 Å². The first-order valence-corrected chi connectivity index (χ1v) is 6.63. The second-order valence-corrected chi connectivity index (χ2v) is 5.06. The summed E-state index contributed by atoms with van der Waals surface area (Å²) in [7, 11) is 0. The minimum atomic E-state index is -0.840. The molecule has 0 heterocycles. The highest BCUT2D eigenvalue weighted by atomic mass is 79.9. The molecule has 0 unspecified atom stereocenters. The Kier molecular flexibility index (Phi) is 6.15. The number of halogens is 2. The van der Waals surface area contributed by atoms with Gasteiger partial charge in [-0.1, -0.05) is 11.6 Å². The van der Waals surface area contributed by atoms with E-state index in [2.05, 4.69) is 21.2 Å². The maximum Gasteiger partial charge on any atom is 0.303 e. The number of carboxylic acid groups (broad SMARTS) is 1. The van der Waals surface area contributed by atoms with Crippen molar-refractivity contribution < 1.29 is 14.7 Å². The lowest BCUT2D eigenvalue weighted by molar-refractivity contribution is -0.137. The molecule has 1 amide bonds. The molecule has 98 valence electrons. The van der Waals surface area contributed by atoms with Crippen molar-refractivity contribution in [1.29, 1.82) is 0 Å². The van der Waals surface area contributed by atoms with E-state index in [0.717, 1.165) is 4.47 Å². The zero-order valence-corrected chi connectivity index (χ0v) is 11.9. The first-order valence-electron chi connectivity index (χ1n) is 5.45. The van der Waals surface area contributed by atoms with Crippen LogP contribution in [0, 0.1) is 0 Å². The molecule has 0 bridgehead atoms. The van der Waals surface area contributed by atoms with Gasteiger partial charge in [0.05, 0.1) is 5.69 Å². The van der Waals surface area contributed by atoms with E-state index in [9.17, 15) is 9.59 Å². The van der Waals surface area contributed by atoms with Gasteiger partial charge in [-0.3, -0.25) is 9.59 Å². The van der Waals surface area contributed by atoms with Crippen LogP contribution in [-0.4, -0.2) is 17.0 Å². The van der Waals surface area contributed by atoms with Crippen LogP contribution >= 0.6 is 27.5 Å². The number of hydrogen-bond donors (Lipinski definition) is 2. The number of unbranched alkanes of at least 4 members (excludes halogenated alkanes) is 1. The SMILES string of the molecule is O=C(O)CCCCC(=O)Nc1cc(Cl)ccc1Br. The summed E-state index contributed by atoms with van der Waals surface area (Å²) < 4.78 is 0.755. The fourth-order valence-electron chi connectivity index (χ4n) is 1.37. The lowest BCUT2D eigenvalue weighted by atomic mass is 10.2. The van der Waals surface area contributed by atoms with Crippen molar-refractivity contribution >= 4 is 45.1 Å². The number of carbonyl (C=O) groups is 2. The largest absolute Gasteiger partial charge is 0.481 e. The Labute approximate surface area is 118 Å². The van der Waals surface area contributed by atoms with E-state index in [0.29, 0.717) is 30.0 Å². The van der Waals surface area contributed by atoms with Crippen LogP contribution in [0.4, 0.5) is 5.69 Å². The summed E-state index contributed by atoms with van der Waals surface area (Å²) in [6.45, 7) is 0. The van der Waals surface area contributed by atoms with Gasteiger partial charge in [0.2, 0.25) is 5.91 Å². The quantitative estimate of drug-likeness (QED) is 0.780. The third-order valence-corrected chi connectivity index (χ3v) is 3.17. The Hall–Kier alpha value is -1.07. The first-order chi connectivity index (χ1) is 8.49. The monoisotopic (exact) mass is 333 g/mol. The minimum Gasteiger partial charge on any atom is -0.481 e. The number of carboxylic acids is 1. The predicted molar refractivity (Wildman–Crippen MR) is 73.9 cm³/mol. The standard InChI is InChI=1S/C12H13BrClNO3/c13-9-6-5-8(14)7-10(9)15-11(16)3-1-2-4-12(17)18/h5-7H,1-4H2,(H,15,16)(H,17,18). The van der Waals surface area contributed by atoms with Gasteiger partial charge in [0.1, 0.15) is 0 Å². The van der Waals surface area contributed by atoms with Gasteiger partial charge < -0.3 is 10.4 Å². The van der Waals surface area contributed by atoms with Crippen molar-refractivity contribution in [2.75, 3.05) is 5.32 Å². The molecule has 0 saturated heterocycles. The Balaban J connectivity index is 2.40. The zero-order valence-electron chi connectivity index (χ0n) is 9.58. The molecule has 1 aromatic rings. The zero-order chi connectivity index (χ0) is 13.5. The molecule has 0 spiro atoms. The van der Waals surface area contributed by atoms with Crippen molar-refractivity contribution in [2.45, 2.75) is 25.7 Å². The van der Waals surface area contributed by atoms with Gasteiger partial charge >= 0.3 is 5.97 Å².